The molecule has 1 heterocycles. The van der Waals surface area contributed by atoms with E-state index in [0.29, 0.717) is 12.6 Å². The maximum absolute atomic E-state index is 10.6. The highest BCUT2D eigenvalue weighted by Gasteiger charge is 2.38. The van der Waals surface area contributed by atoms with Crippen molar-refractivity contribution in [3.63, 3.8) is 0 Å². The molecule has 0 N–H and O–H groups in total. The van der Waals surface area contributed by atoms with Crippen molar-refractivity contribution >= 4 is 0 Å². The molecular weight excluding hydrogens is 156 g/mol. The molecule has 1 aliphatic rings. The first-order valence-electron chi connectivity index (χ1n) is 4.40. The van der Waals surface area contributed by atoms with Gasteiger partial charge in [-0.3, -0.25) is 15.0 Å². The molecule has 1 rings (SSSR count). The Morgan fingerprint density at radius 1 is 1.50 bits per heavy atom. The minimum absolute atomic E-state index is 0.146. The second-order valence-electron chi connectivity index (χ2n) is 3.88. The van der Waals surface area contributed by atoms with Crippen LogP contribution in [-0.2, 0) is 0 Å². The molecule has 0 saturated carbocycles. The first-order valence-corrected chi connectivity index (χ1v) is 4.40. The van der Waals surface area contributed by atoms with Gasteiger partial charge in [-0.2, -0.15) is 0 Å². The summed E-state index contributed by atoms with van der Waals surface area (Å²) < 4.78 is 0. The number of nitro groups is 1. The number of likely N-dealkylation sites (tertiary alicyclic amines) is 1. The summed E-state index contributed by atoms with van der Waals surface area (Å²) in [5.41, 5.74) is 0. The minimum Gasteiger partial charge on any atom is -0.294 e. The van der Waals surface area contributed by atoms with E-state index in [9.17, 15) is 10.1 Å². The van der Waals surface area contributed by atoms with Crippen LogP contribution in [0.5, 0.6) is 0 Å². The molecule has 0 aromatic heterocycles. The Morgan fingerprint density at radius 2 is 2.08 bits per heavy atom. The quantitative estimate of drug-likeness (QED) is 0.461. The summed E-state index contributed by atoms with van der Waals surface area (Å²) >= 11 is 0. The first-order chi connectivity index (χ1) is 5.52. The Kier molecular flexibility index (Phi) is 2.67. The SMILES string of the molecule is CC1CN(C(C)C)CC1[N+](=O)[O-]. The molecule has 0 aromatic carbocycles. The fourth-order valence-electron chi connectivity index (χ4n) is 1.68. The summed E-state index contributed by atoms with van der Waals surface area (Å²) in [5, 5.41) is 10.6. The molecule has 1 fully saturated rings. The summed E-state index contributed by atoms with van der Waals surface area (Å²) in [5.74, 6) is 0.197. The van der Waals surface area contributed by atoms with Crippen LogP contribution < -0.4 is 0 Å². The van der Waals surface area contributed by atoms with Crippen molar-refractivity contribution in [2.24, 2.45) is 5.92 Å². The van der Waals surface area contributed by atoms with E-state index in [1.165, 1.54) is 0 Å². The first kappa shape index (κ1) is 9.45. The molecule has 4 nitrogen and oxygen atoms in total. The fourth-order valence-corrected chi connectivity index (χ4v) is 1.68. The zero-order valence-corrected chi connectivity index (χ0v) is 7.86. The number of rotatable bonds is 2. The molecule has 0 radical (unpaired) electrons. The smallest absolute Gasteiger partial charge is 0.229 e. The van der Waals surface area contributed by atoms with Gasteiger partial charge in [0, 0.05) is 23.4 Å². The molecule has 0 aromatic rings. The van der Waals surface area contributed by atoms with E-state index in [-0.39, 0.29) is 16.9 Å². The molecule has 0 bridgehead atoms. The second kappa shape index (κ2) is 3.39. The summed E-state index contributed by atoms with van der Waals surface area (Å²) in [4.78, 5) is 12.6. The predicted octanol–water partition coefficient (Wildman–Crippen LogP) is 0.992. The Labute approximate surface area is 72.7 Å². The Bertz CT molecular complexity index is 182. The van der Waals surface area contributed by atoms with Gasteiger partial charge in [0.2, 0.25) is 6.04 Å². The van der Waals surface area contributed by atoms with Gasteiger partial charge in [-0.1, -0.05) is 6.92 Å². The maximum Gasteiger partial charge on any atom is 0.229 e. The molecule has 4 heteroatoms. The van der Waals surface area contributed by atoms with Gasteiger partial charge in [0.15, 0.2) is 0 Å². The van der Waals surface area contributed by atoms with Crippen LogP contribution in [0.1, 0.15) is 20.8 Å². The molecule has 1 aliphatic heterocycles. The Balaban J connectivity index is 2.56. The molecule has 2 unspecified atom stereocenters. The van der Waals surface area contributed by atoms with Crippen molar-refractivity contribution in [1.29, 1.82) is 0 Å². The number of nitrogens with zero attached hydrogens (tertiary/aromatic N) is 2. The molecule has 0 amide bonds. The standard InChI is InChI=1S/C8H16N2O2/c1-6(2)9-4-7(3)8(5-9)10(11)12/h6-8H,4-5H2,1-3H3. The lowest BCUT2D eigenvalue weighted by atomic mass is 10.1. The monoisotopic (exact) mass is 172 g/mol. The molecule has 70 valence electrons. The minimum atomic E-state index is -0.354. The molecule has 2 atom stereocenters. The maximum atomic E-state index is 10.6. The molecule has 1 saturated heterocycles. The lowest BCUT2D eigenvalue weighted by molar-refractivity contribution is -0.525. The normalized spacial score (nSPS) is 31.3. The van der Waals surface area contributed by atoms with E-state index in [1.54, 1.807) is 0 Å². The molecule has 0 spiro atoms. The topological polar surface area (TPSA) is 46.4 Å². The van der Waals surface area contributed by atoms with E-state index in [4.69, 9.17) is 0 Å². The number of hydrogen-bond donors (Lipinski definition) is 0. The second-order valence-corrected chi connectivity index (χ2v) is 3.88. The van der Waals surface area contributed by atoms with Crippen molar-refractivity contribution < 1.29 is 4.92 Å². The largest absolute Gasteiger partial charge is 0.294 e. The summed E-state index contributed by atoms with van der Waals surface area (Å²) in [6.45, 7) is 7.59. The van der Waals surface area contributed by atoms with Gasteiger partial charge < -0.3 is 0 Å². The lowest BCUT2D eigenvalue weighted by Crippen LogP contribution is -2.31. The molecule has 12 heavy (non-hydrogen) atoms. The van der Waals surface area contributed by atoms with E-state index in [0.717, 1.165) is 6.54 Å². The van der Waals surface area contributed by atoms with Crippen LogP contribution in [0.4, 0.5) is 0 Å². The Morgan fingerprint density at radius 3 is 2.33 bits per heavy atom. The van der Waals surface area contributed by atoms with Crippen LogP contribution in [0.15, 0.2) is 0 Å². The van der Waals surface area contributed by atoms with Crippen LogP contribution in [-0.4, -0.2) is 35.0 Å². The molecule has 0 aliphatic carbocycles. The zero-order chi connectivity index (χ0) is 9.30. The van der Waals surface area contributed by atoms with Crippen LogP contribution in [0.2, 0.25) is 0 Å². The van der Waals surface area contributed by atoms with E-state index in [2.05, 4.69) is 18.7 Å². The highest BCUT2D eigenvalue weighted by Crippen LogP contribution is 2.20. The van der Waals surface area contributed by atoms with E-state index >= 15 is 0 Å². The van der Waals surface area contributed by atoms with Crippen LogP contribution in [0, 0.1) is 16.0 Å². The van der Waals surface area contributed by atoms with Crippen molar-refractivity contribution in [3.8, 4) is 0 Å². The van der Waals surface area contributed by atoms with E-state index < -0.39 is 0 Å². The van der Waals surface area contributed by atoms with E-state index in [1.807, 2.05) is 6.92 Å². The zero-order valence-electron chi connectivity index (χ0n) is 7.86. The van der Waals surface area contributed by atoms with Gasteiger partial charge in [0.05, 0.1) is 6.54 Å². The van der Waals surface area contributed by atoms with Crippen molar-refractivity contribution in [2.75, 3.05) is 13.1 Å². The van der Waals surface area contributed by atoms with Crippen LogP contribution >= 0.6 is 0 Å². The summed E-state index contributed by atoms with van der Waals surface area (Å²) in [6.07, 6.45) is 0. The fraction of sp³-hybridized carbons (Fsp3) is 1.00. The highest BCUT2D eigenvalue weighted by molar-refractivity contribution is 4.82. The Hall–Kier alpha value is -0.640. The van der Waals surface area contributed by atoms with Crippen molar-refractivity contribution in [3.05, 3.63) is 10.1 Å². The van der Waals surface area contributed by atoms with Gasteiger partial charge in [-0.05, 0) is 13.8 Å². The van der Waals surface area contributed by atoms with Crippen LogP contribution in [0.3, 0.4) is 0 Å². The third-order valence-electron chi connectivity index (χ3n) is 2.60. The average Bonchev–Trinajstić information content (AvgIpc) is 2.30. The highest BCUT2D eigenvalue weighted by atomic mass is 16.6. The van der Waals surface area contributed by atoms with Crippen molar-refractivity contribution in [2.45, 2.75) is 32.9 Å². The summed E-state index contributed by atoms with van der Waals surface area (Å²) in [7, 11) is 0. The third-order valence-corrected chi connectivity index (χ3v) is 2.60. The summed E-state index contributed by atoms with van der Waals surface area (Å²) in [6, 6.07) is 0.0739. The van der Waals surface area contributed by atoms with Gasteiger partial charge >= 0.3 is 0 Å². The van der Waals surface area contributed by atoms with Gasteiger partial charge in [0.25, 0.3) is 0 Å². The van der Waals surface area contributed by atoms with Gasteiger partial charge in [0.1, 0.15) is 0 Å². The average molecular weight is 172 g/mol. The molecular formula is C8H16N2O2. The van der Waals surface area contributed by atoms with Gasteiger partial charge in [-0.15, -0.1) is 0 Å². The van der Waals surface area contributed by atoms with Crippen molar-refractivity contribution in [1.82, 2.24) is 4.90 Å². The number of hydrogen-bond acceptors (Lipinski definition) is 3. The van der Waals surface area contributed by atoms with Crippen LogP contribution in [0.25, 0.3) is 0 Å². The third kappa shape index (κ3) is 1.75. The lowest BCUT2D eigenvalue weighted by Gasteiger charge is -2.18. The van der Waals surface area contributed by atoms with Gasteiger partial charge in [-0.25, -0.2) is 0 Å². The predicted molar refractivity (Wildman–Crippen MR) is 46.7 cm³/mol.